The fourth-order valence-corrected chi connectivity index (χ4v) is 1.13. The molecule has 0 saturated heterocycles. The van der Waals surface area contributed by atoms with Crippen molar-refractivity contribution in [2.75, 3.05) is 0 Å². The summed E-state index contributed by atoms with van der Waals surface area (Å²) < 4.78 is 0. The van der Waals surface area contributed by atoms with E-state index in [2.05, 4.69) is 10.2 Å². The van der Waals surface area contributed by atoms with E-state index in [4.69, 9.17) is 0 Å². The largest absolute Gasteiger partial charge is 0.177 e. The number of allylic oxidation sites excluding steroid dienone is 2. The van der Waals surface area contributed by atoms with Crippen LogP contribution >= 0.6 is 0 Å². The van der Waals surface area contributed by atoms with Gasteiger partial charge < -0.3 is 0 Å². The molecule has 0 amide bonds. The first-order valence-corrected chi connectivity index (χ1v) is 4.26. The SMILES string of the molecule is C1=CC(N=Nc2ccccc2)C=C1. The van der Waals surface area contributed by atoms with Crippen molar-refractivity contribution in [3.63, 3.8) is 0 Å². The van der Waals surface area contributed by atoms with Crippen LogP contribution in [-0.4, -0.2) is 6.04 Å². The van der Waals surface area contributed by atoms with Gasteiger partial charge in [0.05, 0.1) is 5.69 Å². The lowest BCUT2D eigenvalue weighted by atomic mass is 10.3. The van der Waals surface area contributed by atoms with Gasteiger partial charge in [0.25, 0.3) is 0 Å². The third-order valence-corrected chi connectivity index (χ3v) is 1.79. The van der Waals surface area contributed by atoms with Crippen LogP contribution in [0.5, 0.6) is 0 Å². The number of rotatable bonds is 2. The van der Waals surface area contributed by atoms with Crippen molar-refractivity contribution in [3.8, 4) is 0 Å². The van der Waals surface area contributed by atoms with E-state index in [0.717, 1.165) is 5.69 Å². The Bertz CT molecular complexity index is 338. The van der Waals surface area contributed by atoms with Crippen LogP contribution in [0.25, 0.3) is 0 Å². The minimum absolute atomic E-state index is 0.125. The molecular formula is C11H10N2. The van der Waals surface area contributed by atoms with E-state index in [1.807, 2.05) is 54.6 Å². The maximum Gasteiger partial charge on any atom is 0.108 e. The molecule has 2 heteroatoms. The molecule has 64 valence electrons. The summed E-state index contributed by atoms with van der Waals surface area (Å²) in [5.74, 6) is 0. The maximum atomic E-state index is 4.14. The lowest BCUT2D eigenvalue weighted by molar-refractivity contribution is 0.939. The fraction of sp³-hybridized carbons (Fsp3) is 0.0909. The molecule has 0 unspecified atom stereocenters. The maximum absolute atomic E-state index is 4.14. The smallest absolute Gasteiger partial charge is 0.108 e. The van der Waals surface area contributed by atoms with Crippen LogP contribution in [0.2, 0.25) is 0 Å². The molecule has 1 aliphatic carbocycles. The zero-order valence-corrected chi connectivity index (χ0v) is 7.17. The predicted octanol–water partition coefficient (Wildman–Crippen LogP) is 3.26. The Morgan fingerprint density at radius 3 is 2.31 bits per heavy atom. The summed E-state index contributed by atoms with van der Waals surface area (Å²) in [6.07, 6.45) is 7.97. The second-order valence-corrected chi connectivity index (χ2v) is 2.81. The van der Waals surface area contributed by atoms with Gasteiger partial charge in [0.15, 0.2) is 0 Å². The third-order valence-electron chi connectivity index (χ3n) is 1.79. The summed E-state index contributed by atoms with van der Waals surface area (Å²) in [6.45, 7) is 0. The predicted molar refractivity (Wildman–Crippen MR) is 53.0 cm³/mol. The van der Waals surface area contributed by atoms with Gasteiger partial charge in [-0.2, -0.15) is 10.2 Å². The van der Waals surface area contributed by atoms with E-state index in [-0.39, 0.29) is 6.04 Å². The molecule has 1 aromatic carbocycles. The quantitative estimate of drug-likeness (QED) is 0.608. The van der Waals surface area contributed by atoms with Crippen molar-refractivity contribution < 1.29 is 0 Å². The Labute approximate surface area is 77.3 Å². The van der Waals surface area contributed by atoms with E-state index in [1.165, 1.54) is 0 Å². The first-order chi connectivity index (χ1) is 6.45. The third kappa shape index (κ3) is 2.12. The molecule has 0 saturated carbocycles. The van der Waals surface area contributed by atoms with Crippen molar-refractivity contribution in [2.45, 2.75) is 6.04 Å². The minimum Gasteiger partial charge on any atom is -0.177 e. The Balaban J connectivity index is 2.05. The standard InChI is InChI=1S/C11H10N2/c1-2-6-10(7-3-1)12-13-11-8-4-5-9-11/h1-9,11H. The fourth-order valence-electron chi connectivity index (χ4n) is 1.13. The number of azo groups is 1. The van der Waals surface area contributed by atoms with Gasteiger partial charge >= 0.3 is 0 Å². The highest BCUT2D eigenvalue weighted by Crippen LogP contribution is 2.13. The molecule has 2 rings (SSSR count). The molecule has 13 heavy (non-hydrogen) atoms. The molecule has 0 bridgehead atoms. The summed E-state index contributed by atoms with van der Waals surface area (Å²) in [6, 6.07) is 9.87. The van der Waals surface area contributed by atoms with E-state index >= 15 is 0 Å². The molecule has 0 aliphatic heterocycles. The minimum atomic E-state index is 0.125. The molecule has 2 nitrogen and oxygen atoms in total. The lowest BCUT2D eigenvalue weighted by Crippen LogP contribution is -1.87. The number of benzene rings is 1. The van der Waals surface area contributed by atoms with Crippen LogP contribution in [-0.2, 0) is 0 Å². The molecule has 0 atom stereocenters. The van der Waals surface area contributed by atoms with Crippen molar-refractivity contribution >= 4 is 5.69 Å². The lowest BCUT2D eigenvalue weighted by Gasteiger charge is -1.94. The van der Waals surface area contributed by atoms with E-state index in [0.29, 0.717) is 0 Å². The number of nitrogens with zero attached hydrogens (tertiary/aromatic N) is 2. The number of hydrogen-bond donors (Lipinski definition) is 0. The van der Waals surface area contributed by atoms with Gasteiger partial charge in [0, 0.05) is 0 Å². The van der Waals surface area contributed by atoms with Crippen molar-refractivity contribution in [3.05, 3.63) is 54.6 Å². The van der Waals surface area contributed by atoms with Gasteiger partial charge in [-0.05, 0) is 12.1 Å². The Hall–Kier alpha value is -1.70. The second-order valence-electron chi connectivity index (χ2n) is 2.81. The topological polar surface area (TPSA) is 24.7 Å². The molecule has 0 N–H and O–H groups in total. The van der Waals surface area contributed by atoms with E-state index in [1.54, 1.807) is 0 Å². The average Bonchev–Trinajstić information content (AvgIpc) is 2.69. The van der Waals surface area contributed by atoms with Crippen LogP contribution in [0, 0.1) is 0 Å². The molecule has 1 aromatic rings. The van der Waals surface area contributed by atoms with Crippen molar-refractivity contribution in [1.82, 2.24) is 0 Å². The van der Waals surface area contributed by atoms with Crippen LogP contribution in [0.1, 0.15) is 0 Å². The molecule has 0 aromatic heterocycles. The Morgan fingerprint density at radius 2 is 1.62 bits per heavy atom. The van der Waals surface area contributed by atoms with Gasteiger partial charge in [-0.3, -0.25) is 0 Å². The zero-order valence-electron chi connectivity index (χ0n) is 7.17. The van der Waals surface area contributed by atoms with Crippen molar-refractivity contribution in [1.29, 1.82) is 0 Å². The summed E-state index contributed by atoms with van der Waals surface area (Å²) in [7, 11) is 0. The molecular weight excluding hydrogens is 160 g/mol. The molecule has 0 fully saturated rings. The summed E-state index contributed by atoms with van der Waals surface area (Å²) in [5.41, 5.74) is 0.899. The summed E-state index contributed by atoms with van der Waals surface area (Å²) in [4.78, 5) is 0. The highest BCUT2D eigenvalue weighted by molar-refractivity contribution is 5.35. The normalized spacial score (nSPS) is 16.0. The highest BCUT2D eigenvalue weighted by Gasteiger charge is 1.98. The van der Waals surface area contributed by atoms with Gasteiger partial charge in [-0.15, -0.1) is 0 Å². The average molecular weight is 170 g/mol. The summed E-state index contributed by atoms with van der Waals surface area (Å²) in [5, 5.41) is 8.26. The van der Waals surface area contributed by atoms with Crippen LogP contribution in [0.3, 0.4) is 0 Å². The second kappa shape index (κ2) is 3.81. The van der Waals surface area contributed by atoms with Crippen molar-refractivity contribution in [2.24, 2.45) is 10.2 Å². The van der Waals surface area contributed by atoms with Gasteiger partial charge in [0.1, 0.15) is 6.04 Å². The van der Waals surface area contributed by atoms with Gasteiger partial charge in [0.2, 0.25) is 0 Å². The molecule has 0 radical (unpaired) electrons. The van der Waals surface area contributed by atoms with E-state index < -0.39 is 0 Å². The first-order valence-electron chi connectivity index (χ1n) is 4.26. The van der Waals surface area contributed by atoms with E-state index in [9.17, 15) is 0 Å². The monoisotopic (exact) mass is 170 g/mol. The van der Waals surface area contributed by atoms with Gasteiger partial charge in [-0.25, -0.2) is 0 Å². The zero-order chi connectivity index (χ0) is 8.93. The number of hydrogen-bond acceptors (Lipinski definition) is 2. The molecule has 0 heterocycles. The van der Waals surface area contributed by atoms with Crippen LogP contribution in [0.4, 0.5) is 5.69 Å². The highest BCUT2D eigenvalue weighted by atomic mass is 15.1. The Morgan fingerprint density at radius 1 is 0.923 bits per heavy atom. The molecule has 0 spiro atoms. The molecule has 1 aliphatic rings. The van der Waals surface area contributed by atoms with Gasteiger partial charge in [-0.1, -0.05) is 42.5 Å². The first kappa shape index (κ1) is 7.92. The summed E-state index contributed by atoms with van der Waals surface area (Å²) >= 11 is 0. The Kier molecular flexibility index (Phi) is 2.32. The van der Waals surface area contributed by atoms with Crippen LogP contribution < -0.4 is 0 Å². The van der Waals surface area contributed by atoms with Crippen LogP contribution in [0.15, 0.2) is 64.9 Å².